The second-order valence-electron chi connectivity index (χ2n) is 9.36. The largest absolute Gasteiger partial charge is 0.484 e. The van der Waals surface area contributed by atoms with E-state index in [2.05, 4.69) is 22.7 Å². The van der Waals surface area contributed by atoms with Gasteiger partial charge in [-0.15, -0.1) is 0 Å². The Morgan fingerprint density at radius 3 is 2.20 bits per heavy atom. The summed E-state index contributed by atoms with van der Waals surface area (Å²) in [4.78, 5) is 12.0. The monoisotopic (exact) mass is 422 g/mol. The van der Waals surface area contributed by atoms with E-state index in [1.165, 1.54) is 44.1 Å². The van der Waals surface area contributed by atoms with Gasteiger partial charge in [0.25, 0.3) is 5.91 Å². The maximum atomic E-state index is 12.0. The van der Waals surface area contributed by atoms with E-state index in [0.29, 0.717) is 10.4 Å². The van der Waals surface area contributed by atoms with Crippen LogP contribution in [0.1, 0.15) is 49.7 Å². The summed E-state index contributed by atoms with van der Waals surface area (Å²) in [6.07, 6.45) is 10.0. The summed E-state index contributed by atoms with van der Waals surface area (Å²) < 4.78 is 5.66. The van der Waals surface area contributed by atoms with Gasteiger partial charge < -0.3 is 4.74 Å². The number of nitrogens with zero attached hydrogens (tertiary/aromatic N) is 1. The Bertz CT molecular complexity index is 901. The number of hydrazone groups is 1. The first kappa shape index (κ1) is 19.6. The summed E-state index contributed by atoms with van der Waals surface area (Å²) in [6.45, 7) is -0.0608. The van der Waals surface area contributed by atoms with Crippen molar-refractivity contribution in [1.29, 1.82) is 0 Å². The number of hydrogen-bond donors (Lipinski definition) is 1. The van der Waals surface area contributed by atoms with Crippen molar-refractivity contribution >= 4 is 23.7 Å². The third-order valence-corrected chi connectivity index (χ3v) is 7.40. The first-order valence-electron chi connectivity index (χ1n) is 10.9. The van der Waals surface area contributed by atoms with Crippen LogP contribution in [0.5, 0.6) is 5.75 Å². The van der Waals surface area contributed by atoms with Crippen LogP contribution in [0, 0.1) is 17.8 Å². The van der Waals surface area contributed by atoms with Crippen LogP contribution in [0.4, 0.5) is 0 Å². The van der Waals surface area contributed by atoms with Crippen LogP contribution in [0.3, 0.4) is 0 Å². The van der Waals surface area contributed by atoms with Gasteiger partial charge in [0.1, 0.15) is 5.75 Å². The van der Waals surface area contributed by atoms with Gasteiger partial charge in [0.15, 0.2) is 6.61 Å². The zero-order chi connectivity index (χ0) is 20.6. The van der Waals surface area contributed by atoms with Crippen LogP contribution in [-0.4, -0.2) is 18.7 Å². The Labute approximate surface area is 182 Å². The molecule has 0 saturated heterocycles. The predicted octanol–water partition coefficient (Wildman–Crippen LogP) is 5.34. The lowest BCUT2D eigenvalue weighted by molar-refractivity contribution is -0.123. The Morgan fingerprint density at radius 2 is 1.60 bits per heavy atom. The number of halogens is 1. The molecule has 4 fully saturated rings. The molecule has 4 bridgehead atoms. The second-order valence-corrected chi connectivity index (χ2v) is 9.79. The Hall–Kier alpha value is -2.33. The maximum absolute atomic E-state index is 12.0. The van der Waals surface area contributed by atoms with Crippen molar-refractivity contribution in [3.05, 3.63) is 64.7 Å². The molecule has 2 aromatic carbocycles. The van der Waals surface area contributed by atoms with Gasteiger partial charge in [-0.25, -0.2) is 5.43 Å². The van der Waals surface area contributed by atoms with Crippen molar-refractivity contribution < 1.29 is 9.53 Å². The third kappa shape index (κ3) is 4.11. The molecule has 2 aromatic rings. The number of ether oxygens (including phenoxy) is 1. The van der Waals surface area contributed by atoms with Crippen LogP contribution >= 0.6 is 11.6 Å². The lowest BCUT2D eigenvalue weighted by Gasteiger charge is -2.57. The molecule has 0 unspecified atom stereocenters. The Kier molecular flexibility index (Phi) is 5.28. The Morgan fingerprint density at radius 1 is 1.00 bits per heavy atom. The topological polar surface area (TPSA) is 50.7 Å². The zero-order valence-corrected chi connectivity index (χ0v) is 17.8. The molecule has 4 aliphatic carbocycles. The minimum atomic E-state index is -0.287. The number of rotatable bonds is 6. The summed E-state index contributed by atoms with van der Waals surface area (Å²) in [7, 11) is 0. The number of nitrogens with one attached hydrogen (secondary N) is 1. The van der Waals surface area contributed by atoms with E-state index in [9.17, 15) is 4.79 Å². The fourth-order valence-corrected chi connectivity index (χ4v) is 6.40. The number of carbonyl (C=O) groups is 1. The molecular weight excluding hydrogens is 396 g/mol. The van der Waals surface area contributed by atoms with E-state index in [4.69, 9.17) is 16.3 Å². The first-order chi connectivity index (χ1) is 14.6. The fraction of sp³-hybridized carbons (Fsp3) is 0.440. The van der Waals surface area contributed by atoms with Gasteiger partial charge in [0.05, 0.1) is 6.21 Å². The van der Waals surface area contributed by atoms with Gasteiger partial charge in [-0.05, 0) is 97.1 Å². The molecule has 0 aromatic heterocycles. The van der Waals surface area contributed by atoms with Crippen LogP contribution in [0.15, 0.2) is 53.6 Å². The van der Waals surface area contributed by atoms with Crippen molar-refractivity contribution in [2.24, 2.45) is 22.9 Å². The molecule has 0 heterocycles. The van der Waals surface area contributed by atoms with E-state index >= 15 is 0 Å². The molecule has 4 aliphatic rings. The van der Waals surface area contributed by atoms with E-state index in [-0.39, 0.29) is 12.5 Å². The summed E-state index contributed by atoms with van der Waals surface area (Å²) in [6, 6.07) is 15.7. The molecule has 0 atom stereocenters. The smallest absolute Gasteiger partial charge is 0.277 e. The molecule has 6 rings (SSSR count). The lowest BCUT2D eigenvalue weighted by Crippen LogP contribution is -2.48. The molecule has 1 N–H and O–H groups in total. The molecular formula is C25H27ClN2O2. The second kappa shape index (κ2) is 8.07. The highest BCUT2D eigenvalue weighted by Crippen LogP contribution is 2.60. The van der Waals surface area contributed by atoms with Crippen molar-refractivity contribution in [1.82, 2.24) is 5.43 Å². The van der Waals surface area contributed by atoms with Crippen LogP contribution < -0.4 is 10.2 Å². The standard InChI is InChI=1S/C25H27ClN2O2/c26-22-5-1-17(2-6-22)15-27-28-24(29)16-30-23-7-3-21(4-8-23)25-12-18-9-19(13-25)11-20(10-18)14-25/h1-8,15,18-20H,9-14,16H2,(H,28,29)/b27-15-. The summed E-state index contributed by atoms with van der Waals surface area (Å²) in [5.74, 6) is 3.24. The van der Waals surface area contributed by atoms with Gasteiger partial charge in [-0.3, -0.25) is 4.79 Å². The predicted molar refractivity (Wildman–Crippen MR) is 119 cm³/mol. The summed E-state index contributed by atoms with van der Waals surface area (Å²) in [5.41, 5.74) is 5.20. The highest BCUT2D eigenvalue weighted by Gasteiger charge is 2.51. The zero-order valence-electron chi connectivity index (χ0n) is 17.0. The van der Waals surface area contributed by atoms with Crippen molar-refractivity contribution in [2.75, 3.05) is 6.61 Å². The van der Waals surface area contributed by atoms with Gasteiger partial charge in [0, 0.05) is 5.02 Å². The van der Waals surface area contributed by atoms with Gasteiger partial charge >= 0.3 is 0 Å². The molecule has 156 valence electrons. The van der Waals surface area contributed by atoms with Crippen LogP contribution in [-0.2, 0) is 10.2 Å². The number of hydrogen-bond acceptors (Lipinski definition) is 3. The highest BCUT2D eigenvalue weighted by molar-refractivity contribution is 6.30. The number of carbonyl (C=O) groups excluding carboxylic acids is 1. The highest BCUT2D eigenvalue weighted by atomic mass is 35.5. The Balaban J connectivity index is 1.14. The van der Waals surface area contributed by atoms with E-state index in [1.807, 2.05) is 24.3 Å². The minimum Gasteiger partial charge on any atom is -0.484 e. The number of amides is 1. The van der Waals surface area contributed by atoms with Crippen LogP contribution in [0.25, 0.3) is 0 Å². The molecule has 4 nitrogen and oxygen atoms in total. The number of benzene rings is 2. The van der Waals surface area contributed by atoms with Crippen molar-refractivity contribution in [2.45, 2.75) is 43.9 Å². The normalized spacial score (nSPS) is 29.3. The molecule has 1 amide bonds. The molecule has 30 heavy (non-hydrogen) atoms. The SMILES string of the molecule is O=C(COc1ccc(C23CC4CC(CC(C4)C2)C3)cc1)N/N=C\c1ccc(Cl)cc1. The van der Waals surface area contributed by atoms with Crippen molar-refractivity contribution in [3.8, 4) is 5.75 Å². The minimum absolute atomic E-state index is 0.0608. The summed E-state index contributed by atoms with van der Waals surface area (Å²) >= 11 is 5.85. The van der Waals surface area contributed by atoms with Crippen molar-refractivity contribution in [3.63, 3.8) is 0 Å². The quantitative estimate of drug-likeness (QED) is 0.504. The molecule has 0 radical (unpaired) electrons. The summed E-state index contributed by atoms with van der Waals surface area (Å²) in [5, 5.41) is 4.62. The first-order valence-corrected chi connectivity index (χ1v) is 11.3. The van der Waals surface area contributed by atoms with E-state index in [1.54, 1.807) is 18.3 Å². The van der Waals surface area contributed by atoms with E-state index < -0.39 is 0 Å². The van der Waals surface area contributed by atoms with E-state index in [0.717, 1.165) is 29.1 Å². The van der Waals surface area contributed by atoms with Gasteiger partial charge in [0.2, 0.25) is 0 Å². The molecule has 0 spiro atoms. The van der Waals surface area contributed by atoms with Crippen LogP contribution in [0.2, 0.25) is 5.02 Å². The molecule has 4 saturated carbocycles. The maximum Gasteiger partial charge on any atom is 0.277 e. The molecule has 0 aliphatic heterocycles. The third-order valence-electron chi connectivity index (χ3n) is 7.15. The van der Waals surface area contributed by atoms with Gasteiger partial charge in [-0.2, -0.15) is 5.10 Å². The van der Waals surface area contributed by atoms with Gasteiger partial charge in [-0.1, -0.05) is 35.9 Å². The fourth-order valence-electron chi connectivity index (χ4n) is 6.28. The average molecular weight is 423 g/mol. The average Bonchev–Trinajstić information content (AvgIpc) is 2.73. The lowest BCUT2D eigenvalue weighted by atomic mass is 9.48. The molecule has 5 heteroatoms.